The number of carbonyl (C=O) groups is 2. The lowest BCUT2D eigenvalue weighted by Crippen LogP contribution is -2.35. The molecule has 2 N–H and O–H groups in total. The largest absolute Gasteiger partial charge is 0.491 e. The van der Waals surface area contributed by atoms with E-state index in [1.807, 2.05) is 0 Å². The van der Waals surface area contributed by atoms with Gasteiger partial charge in [-0.25, -0.2) is 0 Å². The van der Waals surface area contributed by atoms with Crippen molar-refractivity contribution in [3.8, 4) is 5.75 Å². The van der Waals surface area contributed by atoms with Crippen molar-refractivity contribution in [2.45, 2.75) is 32.8 Å². The number of ether oxygens (including phenoxy) is 2. The standard InChI is InChI=1S/C17H24N2O4/c1-12(2)17(21)18-10-16(20)19-13-5-7-14(8-6-13)23-11-15-4-3-9-22-15/h5-8,12,15H,3-4,9-11H2,1-2H3,(H,18,21)(H,19,20). The van der Waals surface area contributed by atoms with Gasteiger partial charge in [0.1, 0.15) is 12.4 Å². The van der Waals surface area contributed by atoms with Crippen molar-refractivity contribution >= 4 is 17.5 Å². The average Bonchev–Trinajstić information content (AvgIpc) is 3.05. The number of nitrogens with one attached hydrogen (secondary N) is 2. The average molecular weight is 320 g/mol. The van der Waals surface area contributed by atoms with Gasteiger partial charge >= 0.3 is 0 Å². The molecular formula is C17H24N2O4. The summed E-state index contributed by atoms with van der Waals surface area (Å²) in [5.74, 6) is 0.208. The van der Waals surface area contributed by atoms with Gasteiger partial charge in [0.25, 0.3) is 0 Å². The number of hydrogen-bond donors (Lipinski definition) is 2. The maximum atomic E-state index is 11.8. The Morgan fingerprint density at radius 2 is 2.04 bits per heavy atom. The molecule has 2 rings (SSSR count). The van der Waals surface area contributed by atoms with E-state index < -0.39 is 0 Å². The molecule has 6 heteroatoms. The molecule has 0 bridgehead atoms. The van der Waals surface area contributed by atoms with E-state index in [4.69, 9.17) is 9.47 Å². The first-order chi connectivity index (χ1) is 11.0. The molecule has 1 atom stereocenters. The summed E-state index contributed by atoms with van der Waals surface area (Å²) in [6.45, 7) is 4.89. The highest BCUT2D eigenvalue weighted by molar-refractivity contribution is 5.94. The molecule has 1 aliphatic rings. The minimum absolute atomic E-state index is 0.0334. The summed E-state index contributed by atoms with van der Waals surface area (Å²) in [5.41, 5.74) is 0.665. The second kappa shape index (κ2) is 8.53. The molecule has 1 fully saturated rings. The minimum Gasteiger partial charge on any atom is -0.491 e. The zero-order chi connectivity index (χ0) is 16.7. The number of anilines is 1. The lowest BCUT2D eigenvalue weighted by molar-refractivity contribution is -0.126. The van der Waals surface area contributed by atoms with Gasteiger partial charge in [0.05, 0.1) is 12.6 Å². The van der Waals surface area contributed by atoms with E-state index in [-0.39, 0.29) is 30.4 Å². The van der Waals surface area contributed by atoms with E-state index in [9.17, 15) is 9.59 Å². The normalized spacial score (nSPS) is 17.1. The van der Waals surface area contributed by atoms with Crippen LogP contribution in [0.5, 0.6) is 5.75 Å². The summed E-state index contributed by atoms with van der Waals surface area (Å²) in [6.07, 6.45) is 2.31. The van der Waals surface area contributed by atoms with Gasteiger partial charge in [0, 0.05) is 18.2 Å². The van der Waals surface area contributed by atoms with E-state index >= 15 is 0 Å². The van der Waals surface area contributed by atoms with Crippen LogP contribution in [0.15, 0.2) is 24.3 Å². The van der Waals surface area contributed by atoms with Crippen molar-refractivity contribution in [1.29, 1.82) is 0 Å². The zero-order valence-electron chi connectivity index (χ0n) is 13.6. The molecule has 2 amide bonds. The molecule has 1 saturated heterocycles. The van der Waals surface area contributed by atoms with Crippen LogP contribution < -0.4 is 15.4 Å². The van der Waals surface area contributed by atoms with Crippen LogP contribution in [0, 0.1) is 5.92 Å². The van der Waals surface area contributed by atoms with E-state index in [0.717, 1.165) is 25.2 Å². The van der Waals surface area contributed by atoms with Crippen molar-refractivity contribution in [3.63, 3.8) is 0 Å². The van der Waals surface area contributed by atoms with Gasteiger partial charge in [-0.1, -0.05) is 13.8 Å². The Hall–Kier alpha value is -2.08. The Balaban J connectivity index is 1.73. The Morgan fingerprint density at radius 3 is 2.65 bits per heavy atom. The third kappa shape index (κ3) is 5.90. The number of rotatable bonds is 7. The maximum Gasteiger partial charge on any atom is 0.243 e. The van der Waals surface area contributed by atoms with Crippen molar-refractivity contribution in [3.05, 3.63) is 24.3 Å². The number of amides is 2. The van der Waals surface area contributed by atoms with Crippen LogP contribution in [-0.4, -0.2) is 37.7 Å². The molecule has 0 aromatic heterocycles. The predicted octanol–water partition coefficient (Wildman–Crippen LogP) is 1.96. The first-order valence-corrected chi connectivity index (χ1v) is 7.96. The smallest absolute Gasteiger partial charge is 0.243 e. The summed E-state index contributed by atoms with van der Waals surface area (Å²) in [6, 6.07) is 7.15. The molecule has 0 spiro atoms. The molecule has 0 radical (unpaired) electrons. The van der Waals surface area contributed by atoms with Crippen molar-refractivity contribution in [1.82, 2.24) is 5.32 Å². The van der Waals surface area contributed by atoms with Crippen LogP contribution in [0.3, 0.4) is 0 Å². The van der Waals surface area contributed by atoms with Crippen LogP contribution in [0.2, 0.25) is 0 Å². The highest BCUT2D eigenvalue weighted by Gasteiger charge is 2.16. The lowest BCUT2D eigenvalue weighted by atomic mass is 10.2. The Bertz CT molecular complexity index is 522. The minimum atomic E-state index is -0.257. The SMILES string of the molecule is CC(C)C(=O)NCC(=O)Nc1ccc(OCC2CCCO2)cc1. The van der Waals surface area contributed by atoms with Crippen molar-refractivity contribution < 1.29 is 19.1 Å². The molecule has 6 nitrogen and oxygen atoms in total. The molecule has 126 valence electrons. The van der Waals surface area contributed by atoms with E-state index in [1.54, 1.807) is 38.1 Å². The molecule has 0 saturated carbocycles. The Morgan fingerprint density at radius 1 is 1.30 bits per heavy atom. The van der Waals surface area contributed by atoms with Crippen LogP contribution in [0.1, 0.15) is 26.7 Å². The summed E-state index contributed by atoms with van der Waals surface area (Å²) in [4.78, 5) is 23.2. The second-order valence-corrected chi connectivity index (χ2v) is 5.89. The summed E-state index contributed by atoms with van der Waals surface area (Å²) in [7, 11) is 0. The van der Waals surface area contributed by atoms with Crippen molar-refractivity contribution in [2.24, 2.45) is 5.92 Å². The van der Waals surface area contributed by atoms with E-state index in [1.165, 1.54) is 0 Å². The van der Waals surface area contributed by atoms with Crippen LogP contribution in [0.4, 0.5) is 5.69 Å². The van der Waals surface area contributed by atoms with E-state index in [2.05, 4.69) is 10.6 Å². The van der Waals surface area contributed by atoms with Gasteiger partial charge in [-0.3, -0.25) is 9.59 Å². The monoisotopic (exact) mass is 320 g/mol. The van der Waals surface area contributed by atoms with Crippen LogP contribution >= 0.6 is 0 Å². The molecule has 1 aromatic carbocycles. The quantitative estimate of drug-likeness (QED) is 0.805. The fourth-order valence-electron chi connectivity index (χ4n) is 2.18. The van der Waals surface area contributed by atoms with Crippen LogP contribution in [0.25, 0.3) is 0 Å². The van der Waals surface area contributed by atoms with Gasteiger partial charge < -0.3 is 20.1 Å². The first-order valence-electron chi connectivity index (χ1n) is 7.96. The van der Waals surface area contributed by atoms with Crippen molar-refractivity contribution in [2.75, 3.05) is 25.1 Å². The topological polar surface area (TPSA) is 76.7 Å². The van der Waals surface area contributed by atoms with Gasteiger partial charge in [-0.15, -0.1) is 0 Å². The number of carbonyl (C=O) groups excluding carboxylic acids is 2. The molecule has 0 aliphatic carbocycles. The van der Waals surface area contributed by atoms with Gasteiger partial charge in [0.2, 0.25) is 11.8 Å². The molecule has 1 heterocycles. The molecule has 23 heavy (non-hydrogen) atoms. The summed E-state index contributed by atoms with van der Waals surface area (Å²) in [5, 5.41) is 5.30. The number of hydrogen-bond acceptors (Lipinski definition) is 4. The third-order valence-electron chi connectivity index (χ3n) is 3.55. The second-order valence-electron chi connectivity index (χ2n) is 5.89. The molecule has 1 aliphatic heterocycles. The van der Waals surface area contributed by atoms with Gasteiger partial charge in [0.15, 0.2) is 0 Å². The molecular weight excluding hydrogens is 296 g/mol. The number of benzene rings is 1. The summed E-state index contributed by atoms with van der Waals surface area (Å²) >= 11 is 0. The zero-order valence-corrected chi connectivity index (χ0v) is 13.6. The summed E-state index contributed by atoms with van der Waals surface area (Å²) < 4.78 is 11.2. The lowest BCUT2D eigenvalue weighted by Gasteiger charge is -2.12. The predicted molar refractivity (Wildman–Crippen MR) is 87.4 cm³/mol. The fraction of sp³-hybridized carbons (Fsp3) is 0.529. The fourth-order valence-corrected chi connectivity index (χ4v) is 2.18. The molecule has 1 aromatic rings. The maximum absolute atomic E-state index is 11.8. The highest BCUT2D eigenvalue weighted by atomic mass is 16.5. The Labute approximate surface area is 136 Å². The van der Waals surface area contributed by atoms with E-state index in [0.29, 0.717) is 12.3 Å². The van der Waals surface area contributed by atoms with Gasteiger partial charge in [-0.05, 0) is 37.1 Å². The first kappa shape index (κ1) is 17.3. The third-order valence-corrected chi connectivity index (χ3v) is 3.55. The van der Waals surface area contributed by atoms with Gasteiger partial charge in [-0.2, -0.15) is 0 Å². The van der Waals surface area contributed by atoms with Crippen LogP contribution in [-0.2, 0) is 14.3 Å². The highest BCUT2D eigenvalue weighted by Crippen LogP contribution is 2.18. The molecule has 1 unspecified atom stereocenters. The Kier molecular flexibility index (Phi) is 6.40.